The summed E-state index contributed by atoms with van der Waals surface area (Å²) in [4.78, 5) is 14.4. The van der Waals surface area contributed by atoms with Gasteiger partial charge in [0.05, 0.1) is 16.9 Å². The second kappa shape index (κ2) is 8.75. The van der Waals surface area contributed by atoms with Crippen LogP contribution >= 0.6 is 0 Å². The zero-order chi connectivity index (χ0) is 20.9. The molecule has 0 spiro atoms. The number of anilines is 1. The second-order valence-corrected chi connectivity index (χ2v) is 8.20. The maximum atomic E-state index is 13.3. The first-order chi connectivity index (χ1) is 13.9. The summed E-state index contributed by atoms with van der Waals surface area (Å²) in [5, 5.41) is 0. The number of hydrogen-bond donors (Lipinski definition) is 0. The van der Waals surface area contributed by atoms with E-state index >= 15 is 0 Å². The molecule has 0 N–H and O–H groups in total. The smallest absolute Gasteiger partial charge is 0.252 e. The van der Waals surface area contributed by atoms with Crippen molar-refractivity contribution in [2.45, 2.75) is 4.90 Å². The number of likely N-dealkylation sites (N-methyl/N-ethyl adjacent to an activating group) is 1. The van der Waals surface area contributed by atoms with Crippen molar-refractivity contribution in [3.63, 3.8) is 0 Å². The van der Waals surface area contributed by atoms with E-state index in [1.165, 1.54) is 23.1 Å². The lowest BCUT2D eigenvalue weighted by Gasteiger charge is -2.17. The molecule has 0 heterocycles. The molecule has 148 valence electrons. The lowest BCUT2D eigenvalue weighted by Crippen LogP contribution is -2.25. The monoisotopic (exact) mass is 407 g/mol. The van der Waals surface area contributed by atoms with E-state index in [-0.39, 0.29) is 9.80 Å². The van der Waals surface area contributed by atoms with Crippen molar-refractivity contribution < 1.29 is 17.9 Å². The van der Waals surface area contributed by atoms with Crippen LogP contribution in [0.2, 0.25) is 0 Å². The number of carbonyl (C=O) groups excluding carboxylic acids is 1. The van der Waals surface area contributed by atoms with Gasteiger partial charge in [-0.1, -0.05) is 48.5 Å². The highest BCUT2D eigenvalue weighted by atomic mass is 32.2. The van der Waals surface area contributed by atoms with Gasteiger partial charge in [0.2, 0.25) is 9.84 Å². The van der Waals surface area contributed by atoms with Gasteiger partial charge in [-0.3, -0.25) is 4.79 Å². The average molecular weight is 407 g/mol. The van der Waals surface area contributed by atoms with Gasteiger partial charge in [0.15, 0.2) is 0 Å². The molecule has 0 saturated carbocycles. The number of hydrogen-bond acceptors (Lipinski definition) is 4. The molecule has 3 aromatic carbocycles. The summed E-state index contributed by atoms with van der Waals surface area (Å²) in [5.41, 5.74) is 1.07. The van der Waals surface area contributed by atoms with Crippen LogP contribution in [0.3, 0.4) is 0 Å². The van der Waals surface area contributed by atoms with Crippen LogP contribution in [0, 0.1) is 0 Å². The number of carbonyl (C=O) groups is 1. The summed E-state index contributed by atoms with van der Waals surface area (Å²) in [6, 6.07) is 23.6. The molecule has 0 unspecified atom stereocenters. The predicted octanol–water partition coefficient (Wildman–Crippen LogP) is 4.17. The minimum Gasteiger partial charge on any atom is -0.497 e. The highest BCUT2D eigenvalue weighted by molar-refractivity contribution is 8.00. The van der Waals surface area contributed by atoms with Crippen molar-refractivity contribution in [3.8, 4) is 5.75 Å². The molecule has 0 aliphatic carbocycles. The van der Waals surface area contributed by atoms with Crippen LogP contribution in [-0.4, -0.2) is 28.5 Å². The molecule has 29 heavy (non-hydrogen) atoms. The minimum atomic E-state index is -3.88. The fourth-order valence-electron chi connectivity index (χ4n) is 2.79. The Hall–Kier alpha value is -3.38. The Balaban J connectivity index is 2.04. The van der Waals surface area contributed by atoms with Gasteiger partial charge in [0, 0.05) is 18.8 Å². The molecule has 0 aliphatic heterocycles. The summed E-state index contributed by atoms with van der Waals surface area (Å²) in [7, 11) is -0.724. The van der Waals surface area contributed by atoms with Crippen LogP contribution in [0.15, 0.2) is 95.9 Å². The maximum Gasteiger partial charge on any atom is 0.252 e. The van der Waals surface area contributed by atoms with E-state index in [0.717, 1.165) is 0 Å². The van der Waals surface area contributed by atoms with Gasteiger partial charge in [0.1, 0.15) is 5.75 Å². The summed E-state index contributed by atoms with van der Waals surface area (Å²) >= 11 is 0. The van der Waals surface area contributed by atoms with Crippen LogP contribution in [0.25, 0.3) is 4.91 Å². The standard InChI is InChI=1S/C23H21NO4S/c1-24(19-13-15-20(28-2)16-14-19)23(25)17-22(18-9-5-3-6-10-18)29(26,27)21-11-7-4-8-12-21/h3-17H,1-2H3/b22-17+. The van der Waals surface area contributed by atoms with Gasteiger partial charge in [-0.2, -0.15) is 0 Å². The third-order valence-electron chi connectivity index (χ3n) is 4.45. The van der Waals surface area contributed by atoms with Crippen molar-refractivity contribution in [1.29, 1.82) is 0 Å². The number of rotatable bonds is 6. The lowest BCUT2D eigenvalue weighted by atomic mass is 10.2. The first-order valence-electron chi connectivity index (χ1n) is 8.92. The molecule has 0 bridgehead atoms. The first kappa shape index (κ1) is 20.4. The zero-order valence-corrected chi connectivity index (χ0v) is 17.0. The number of amides is 1. The molecule has 1 amide bonds. The molecule has 0 aliphatic rings. The third-order valence-corrected chi connectivity index (χ3v) is 6.27. The quantitative estimate of drug-likeness (QED) is 0.575. The van der Waals surface area contributed by atoms with Crippen LogP contribution in [-0.2, 0) is 14.6 Å². The number of sulfone groups is 1. The lowest BCUT2D eigenvalue weighted by molar-refractivity contribution is -0.113. The van der Waals surface area contributed by atoms with Crippen LogP contribution < -0.4 is 9.64 Å². The fraction of sp³-hybridized carbons (Fsp3) is 0.0870. The molecule has 6 heteroatoms. The van der Waals surface area contributed by atoms with E-state index < -0.39 is 15.7 Å². The molecule has 0 radical (unpaired) electrons. The van der Waals surface area contributed by atoms with E-state index in [4.69, 9.17) is 4.74 Å². The van der Waals surface area contributed by atoms with E-state index in [1.807, 2.05) is 0 Å². The Morgan fingerprint density at radius 3 is 1.97 bits per heavy atom. The van der Waals surface area contributed by atoms with Crippen molar-refractivity contribution in [3.05, 3.63) is 96.6 Å². The highest BCUT2D eigenvalue weighted by Gasteiger charge is 2.24. The second-order valence-electron chi connectivity index (χ2n) is 6.29. The topological polar surface area (TPSA) is 63.7 Å². The number of methoxy groups -OCH3 is 1. The Bertz CT molecular complexity index is 1110. The first-order valence-corrected chi connectivity index (χ1v) is 10.4. The van der Waals surface area contributed by atoms with Gasteiger partial charge in [-0.25, -0.2) is 8.42 Å². The van der Waals surface area contributed by atoms with Crippen LogP contribution in [0.4, 0.5) is 5.69 Å². The highest BCUT2D eigenvalue weighted by Crippen LogP contribution is 2.28. The van der Waals surface area contributed by atoms with Crippen molar-refractivity contribution in [1.82, 2.24) is 0 Å². The Kier molecular flexibility index (Phi) is 6.14. The molecule has 5 nitrogen and oxygen atoms in total. The third kappa shape index (κ3) is 4.55. The Morgan fingerprint density at radius 2 is 1.41 bits per heavy atom. The summed E-state index contributed by atoms with van der Waals surface area (Å²) < 4.78 is 31.6. The van der Waals surface area contributed by atoms with E-state index in [9.17, 15) is 13.2 Å². The SMILES string of the molecule is COc1ccc(N(C)C(=O)/C=C(\c2ccccc2)S(=O)(=O)c2ccccc2)cc1. The van der Waals surface area contributed by atoms with E-state index in [0.29, 0.717) is 17.0 Å². The largest absolute Gasteiger partial charge is 0.497 e. The summed E-state index contributed by atoms with van der Waals surface area (Å²) in [5.74, 6) is 0.218. The summed E-state index contributed by atoms with van der Waals surface area (Å²) in [6.45, 7) is 0. The Morgan fingerprint density at radius 1 is 0.862 bits per heavy atom. The molecule has 3 rings (SSSR count). The van der Waals surface area contributed by atoms with Crippen molar-refractivity contribution in [2.75, 3.05) is 19.1 Å². The van der Waals surface area contributed by atoms with E-state index in [2.05, 4.69) is 0 Å². The molecular formula is C23H21NO4S. The summed E-state index contributed by atoms with van der Waals surface area (Å²) in [6.07, 6.45) is 1.17. The average Bonchev–Trinajstić information content (AvgIpc) is 2.78. The predicted molar refractivity (Wildman–Crippen MR) is 114 cm³/mol. The van der Waals surface area contributed by atoms with Crippen molar-refractivity contribution in [2.24, 2.45) is 0 Å². The molecule has 3 aromatic rings. The zero-order valence-electron chi connectivity index (χ0n) is 16.1. The fourth-order valence-corrected chi connectivity index (χ4v) is 4.26. The molecule has 0 atom stereocenters. The van der Waals surface area contributed by atoms with Gasteiger partial charge >= 0.3 is 0 Å². The Labute approximate surface area is 170 Å². The number of benzene rings is 3. The minimum absolute atomic E-state index is 0.0466. The molecule has 0 fully saturated rings. The van der Waals surface area contributed by atoms with Crippen molar-refractivity contribution >= 4 is 26.3 Å². The van der Waals surface area contributed by atoms with Gasteiger partial charge < -0.3 is 9.64 Å². The van der Waals surface area contributed by atoms with E-state index in [1.54, 1.807) is 87.0 Å². The van der Waals surface area contributed by atoms with Crippen LogP contribution in [0.1, 0.15) is 5.56 Å². The number of nitrogens with zero attached hydrogens (tertiary/aromatic N) is 1. The van der Waals surface area contributed by atoms with Gasteiger partial charge in [0.25, 0.3) is 5.91 Å². The normalized spacial score (nSPS) is 11.7. The molecule has 0 saturated heterocycles. The molecular weight excluding hydrogens is 386 g/mol. The van der Waals surface area contributed by atoms with Crippen LogP contribution in [0.5, 0.6) is 5.75 Å². The van der Waals surface area contributed by atoms with Gasteiger partial charge in [-0.05, 0) is 42.0 Å². The number of ether oxygens (including phenoxy) is 1. The maximum absolute atomic E-state index is 13.3. The van der Waals surface area contributed by atoms with Gasteiger partial charge in [-0.15, -0.1) is 0 Å². The molecule has 0 aromatic heterocycles.